The monoisotopic (exact) mass is 165 g/mol. The Hall–Kier alpha value is 0.170. The largest absolute Gasteiger partial charge is 0.346 e. The van der Waals surface area contributed by atoms with Crippen molar-refractivity contribution in [3.8, 4) is 0 Å². The first-order valence-electron chi connectivity index (χ1n) is 2.76. The Labute approximate surface area is 63.6 Å². The van der Waals surface area contributed by atoms with E-state index in [4.69, 9.17) is 0 Å². The van der Waals surface area contributed by atoms with Gasteiger partial charge < -0.3 is 5.32 Å². The second-order valence-corrected chi connectivity index (χ2v) is 4.15. The van der Waals surface area contributed by atoms with Crippen LogP contribution in [0.5, 0.6) is 0 Å². The topological polar surface area (TPSA) is 29.1 Å². The molecule has 0 saturated carbocycles. The molecule has 0 unspecified atom stereocenters. The zero-order chi connectivity index (χ0) is 7.11. The molecule has 0 aliphatic heterocycles. The summed E-state index contributed by atoms with van der Waals surface area (Å²) in [6, 6.07) is 0. The molecule has 1 N–H and O–H groups in total. The standard InChI is InChI=1S/C5H11NOS2/c1-3-8-9-4-6-5(2)7/h3-4H2,1-2H3,(H,6,7). The Morgan fingerprint density at radius 1 is 1.56 bits per heavy atom. The Bertz CT molecular complexity index is 87.0. The summed E-state index contributed by atoms with van der Waals surface area (Å²) in [5, 5.41) is 2.68. The highest BCUT2D eigenvalue weighted by atomic mass is 33.1. The maximum absolute atomic E-state index is 10.3. The second-order valence-electron chi connectivity index (χ2n) is 1.40. The van der Waals surface area contributed by atoms with Gasteiger partial charge in [-0.2, -0.15) is 0 Å². The number of carbonyl (C=O) groups is 1. The predicted octanol–water partition coefficient (Wildman–Crippen LogP) is 1.48. The van der Waals surface area contributed by atoms with Gasteiger partial charge in [0, 0.05) is 12.7 Å². The van der Waals surface area contributed by atoms with E-state index in [9.17, 15) is 4.79 Å². The molecule has 0 rings (SSSR count). The van der Waals surface area contributed by atoms with Gasteiger partial charge in [-0.05, 0) is 0 Å². The van der Waals surface area contributed by atoms with Crippen molar-refractivity contribution in [2.45, 2.75) is 13.8 Å². The number of rotatable bonds is 4. The van der Waals surface area contributed by atoms with Crippen LogP contribution in [0.3, 0.4) is 0 Å². The van der Waals surface area contributed by atoms with Crippen molar-refractivity contribution < 1.29 is 4.79 Å². The van der Waals surface area contributed by atoms with Crippen molar-refractivity contribution >= 4 is 27.5 Å². The van der Waals surface area contributed by atoms with Crippen molar-refractivity contribution in [1.29, 1.82) is 0 Å². The lowest BCUT2D eigenvalue weighted by molar-refractivity contribution is -0.118. The van der Waals surface area contributed by atoms with Gasteiger partial charge in [0.2, 0.25) is 5.91 Å². The highest BCUT2D eigenvalue weighted by Gasteiger charge is 1.88. The van der Waals surface area contributed by atoms with Crippen LogP contribution in [0.1, 0.15) is 13.8 Å². The molecule has 0 aromatic heterocycles. The minimum absolute atomic E-state index is 0.0409. The van der Waals surface area contributed by atoms with E-state index in [1.807, 2.05) is 0 Å². The molecular weight excluding hydrogens is 154 g/mol. The van der Waals surface area contributed by atoms with Gasteiger partial charge in [0.25, 0.3) is 0 Å². The van der Waals surface area contributed by atoms with Gasteiger partial charge in [-0.25, -0.2) is 0 Å². The van der Waals surface area contributed by atoms with Gasteiger partial charge in [-0.15, -0.1) is 0 Å². The minimum atomic E-state index is 0.0409. The van der Waals surface area contributed by atoms with E-state index >= 15 is 0 Å². The molecule has 4 heteroatoms. The molecular formula is C5H11NOS2. The van der Waals surface area contributed by atoms with Gasteiger partial charge in [-0.1, -0.05) is 28.5 Å². The number of hydrogen-bond donors (Lipinski definition) is 1. The van der Waals surface area contributed by atoms with Crippen LogP contribution in [0.4, 0.5) is 0 Å². The number of amides is 1. The lowest BCUT2D eigenvalue weighted by Crippen LogP contribution is -2.17. The highest BCUT2D eigenvalue weighted by Crippen LogP contribution is 2.17. The fourth-order valence-electron chi connectivity index (χ4n) is 0.256. The van der Waals surface area contributed by atoms with E-state index in [1.54, 1.807) is 21.6 Å². The average Bonchev–Trinajstić information content (AvgIpc) is 1.80. The molecule has 0 radical (unpaired) electrons. The molecule has 0 aromatic rings. The van der Waals surface area contributed by atoms with Crippen molar-refractivity contribution in [3.63, 3.8) is 0 Å². The van der Waals surface area contributed by atoms with Crippen LogP contribution in [0.25, 0.3) is 0 Å². The first-order chi connectivity index (χ1) is 4.27. The summed E-state index contributed by atoms with van der Waals surface area (Å²) >= 11 is 0. The quantitative estimate of drug-likeness (QED) is 0.389. The maximum Gasteiger partial charge on any atom is 0.217 e. The molecule has 0 saturated heterocycles. The van der Waals surface area contributed by atoms with Crippen molar-refractivity contribution in [3.05, 3.63) is 0 Å². The van der Waals surface area contributed by atoms with E-state index in [-0.39, 0.29) is 5.91 Å². The summed E-state index contributed by atoms with van der Waals surface area (Å²) in [6.07, 6.45) is 0. The molecule has 0 aliphatic rings. The third-order valence-electron chi connectivity index (χ3n) is 0.581. The van der Waals surface area contributed by atoms with Gasteiger partial charge in [0.1, 0.15) is 0 Å². The normalized spacial score (nSPS) is 9.11. The molecule has 2 nitrogen and oxygen atoms in total. The van der Waals surface area contributed by atoms with Crippen LogP contribution in [0.15, 0.2) is 0 Å². The van der Waals surface area contributed by atoms with E-state index in [2.05, 4.69) is 12.2 Å². The van der Waals surface area contributed by atoms with Gasteiger partial charge >= 0.3 is 0 Å². The number of carbonyl (C=O) groups excluding carboxylic acids is 1. The third-order valence-corrected chi connectivity index (χ3v) is 2.81. The fourth-order valence-corrected chi connectivity index (χ4v) is 1.70. The summed E-state index contributed by atoms with van der Waals surface area (Å²) in [5.74, 6) is 1.84. The minimum Gasteiger partial charge on any atom is -0.346 e. The molecule has 54 valence electrons. The van der Waals surface area contributed by atoms with Crippen LogP contribution < -0.4 is 5.32 Å². The van der Waals surface area contributed by atoms with E-state index in [0.29, 0.717) is 5.88 Å². The first kappa shape index (κ1) is 9.17. The zero-order valence-corrected chi connectivity index (χ0v) is 7.27. The highest BCUT2D eigenvalue weighted by molar-refractivity contribution is 8.76. The van der Waals surface area contributed by atoms with Crippen LogP contribution in [0.2, 0.25) is 0 Å². The summed E-state index contributed by atoms with van der Waals surface area (Å²) in [4.78, 5) is 10.3. The Morgan fingerprint density at radius 2 is 2.22 bits per heavy atom. The fraction of sp³-hybridized carbons (Fsp3) is 0.800. The van der Waals surface area contributed by atoms with Gasteiger partial charge in [0.15, 0.2) is 0 Å². The molecule has 0 fully saturated rings. The SMILES string of the molecule is CCSSCNC(C)=O. The lowest BCUT2D eigenvalue weighted by atomic mass is 10.7. The van der Waals surface area contributed by atoms with Crippen LogP contribution >= 0.6 is 21.6 Å². The Morgan fingerprint density at radius 3 is 2.67 bits per heavy atom. The maximum atomic E-state index is 10.3. The zero-order valence-electron chi connectivity index (χ0n) is 5.64. The summed E-state index contributed by atoms with van der Waals surface area (Å²) in [6.45, 7) is 3.61. The van der Waals surface area contributed by atoms with Gasteiger partial charge in [0.05, 0.1) is 5.88 Å². The third kappa shape index (κ3) is 8.17. The molecule has 9 heavy (non-hydrogen) atoms. The van der Waals surface area contributed by atoms with E-state index in [1.165, 1.54) is 6.92 Å². The predicted molar refractivity (Wildman–Crippen MR) is 44.4 cm³/mol. The summed E-state index contributed by atoms with van der Waals surface area (Å²) in [7, 11) is 3.42. The van der Waals surface area contributed by atoms with Crippen LogP contribution in [-0.4, -0.2) is 17.5 Å². The van der Waals surface area contributed by atoms with Crippen molar-refractivity contribution in [2.24, 2.45) is 0 Å². The number of hydrogen-bond acceptors (Lipinski definition) is 3. The van der Waals surface area contributed by atoms with Crippen molar-refractivity contribution in [2.75, 3.05) is 11.6 Å². The molecule has 1 amide bonds. The second kappa shape index (κ2) is 6.29. The van der Waals surface area contributed by atoms with E-state index < -0.39 is 0 Å². The molecule has 0 bridgehead atoms. The molecule has 0 aromatic carbocycles. The summed E-state index contributed by atoms with van der Waals surface area (Å²) in [5.41, 5.74) is 0. The van der Waals surface area contributed by atoms with Crippen molar-refractivity contribution in [1.82, 2.24) is 5.32 Å². The van der Waals surface area contributed by atoms with Gasteiger partial charge in [-0.3, -0.25) is 4.79 Å². The molecule has 0 aliphatic carbocycles. The average molecular weight is 165 g/mol. The number of nitrogens with one attached hydrogen (secondary N) is 1. The lowest BCUT2D eigenvalue weighted by Gasteiger charge is -1.97. The molecule has 0 atom stereocenters. The first-order valence-corrected chi connectivity index (χ1v) is 5.25. The summed E-state index contributed by atoms with van der Waals surface area (Å²) < 4.78 is 0. The molecule has 0 heterocycles. The van der Waals surface area contributed by atoms with Crippen LogP contribution in [0, 0.1) is 0 Å². The molecule has 0 spiro atoms. The smallest absolute Gasteiger partial charge is 0.217 e. The Balaban J connectivity index is 2.83. The Kier molecular flexibility index (Phi) is 6.41. The van der Waals surface area contributed by atoms with Crippen LogP contribution in [-0.2, 0) is 4.79 Å². The van der Waals surface area contributed by atoms with E-state index in [0.717, 1.165) is 5.75 Å².